The molecule has 0 bridgehead atoms. The predicted octanol–water partition coefficient (Wildman–Crippen LogP) is 3.55. The third kappa shape index (κ3) is 2.01. The number of hydrogen-bond acceptors (Lipinski definition) is 1. The van der Waals surface area contributed by atoms with Gasteiger partial charge in [-0.15, -0.1) is 0 Å². The van der Waals surface area contributed by atoms with Crippen LogP contribution in [0, 0.1) is 5.82 Å². The molecule has 0 aliphatic carbocycles. The number of nitrogens with one attached hydrogen (secondary N) is 1. The molecule has 0 radical (unpaired) electrons. The smallest absolute Gasteiger partial charge is 0.149 e. The number of rotatable bonds is 2. The molecule has 0 unspecified atom stereocenters. The number of hydrogen-bond donors (Lipinski definition) is 1. The molecule has 1 aromatic rings. The predicted molar refractivity (Wildman–Crippen MR) is 55.7 cm³/mol. The summed E-state index contributed by atoms with van der Waals surface area (Å²) in [7, 11) is 1.76. The highest BCUT2D eigenvalue weighted by Crippen LogP contribution is 2.27. The zero-order valence-electron chi connectivity index (χ0n) is 7.62. The van der Waals surface area contributed by atoms with E-state index in [1.807, 2.05) is 0 Å². The van der Waals surface area contributed by atoms with E-state index < -0.39 is 5.82 Å². The first-order valence-corrected chi connectivity index (χ1v) is 4.26. The molecule has 1 N–H and O–H groups in total. The Labute approximate surface area is 82.2 Å². The van der Waals surface area contributed by atoms with Gasteiger partial charge in [0.1, 0.15) is 5.82 Å². The molecule has 0 saturated heterocycles. The van der Waals surface area contributed by atoms with Gasteiger partial charge in [0, 0.05) is 18.3 Å². The molecule has 1 rings (SSSR count). The minimum absolute atomic E-state index is 0.116. The normalized spacial score (nSPS) is 9.85. The van der Waals surface area contributed by atoms with E-state index in [0.29, 0.717) is 11.1 Å². The van der Waals surface area contributed by atoms with Crippen LogP contribution in [0.4, 0.5) is 10.1 Å². The van der Waals surface area contributed by atoms with Crippen molar-refractivity contribution in [1.82, 2.24) is 0 Å². The maximum absolute atomic E-state index is 13.3. The van der Waals surface area contributed by atoms with Gasteiger partial charge in [-0.25, -0.2) is 4.39 Å². The molecule has 3 heteroatoms. The number of allylic oxidation sites excluding steroid dienone is 1. The Hall–Kier alpha value is -1.02. The van der Waals surface area contributed by atoms with E-state index in [0.717, 1.165) is 5.69 Å². The minimum Gasteiger partial charge on any atom is -0.388 e. The van der Waals surface area contributed by atoms with Crippen LogP contribution in [-0.2, 0) is 0 Å². The van der Waals surface area contributed by atoms with Crippen molar-refractivity contribution in [3.63, 3.8) is 0 Å². The maximum atomic E-state index is 13.3. The highest BCUT2D eigenvalue weighted by atomic mass is 35.5. The topological polar surface area (TPSA) is 12.0 Å². The molecular weight excluding hydrogens is 189 g/mol. The molecule has 0 heterocycles. The molecule has 0 aromatic heterocycles. The maximum Gasteiger partial charge on any atom is 0.149 e. The van der Waals surface area contributed by atoms with Crippen LogP contribution in [0.1, 0.15) is 12.5 Å². The molecule has 0 atom stereocenters. The summed E-state index contributed by atoms with van der Waals surface area (Å²) < 4.78 is 13.3. The molecule has 70 valence electrons. The van der Waals surface area contributed by atoms with Crippen molar-refractivity contribution in [3.8, 4) is 0 Å². The van der Waals surface area contributed by atoms with Crippen LogP contribution in [0.2, 0.25) is 5.02 Å². The van der Waals surface area contributed by atoms with Crippen LogP contribution in [0.15, 0.2) is 18.7 Å². The molecule has 0 aliphatic rings. The molecular formula is C10H11ClFN. The molecule has 0 fully saturated rings. The number of halogens is 2. The highest BCUT2D eigenvalue weighted by Gasteiger charge is 2.08. The Morgan fingerprint density at radius 1 is 1.54 bits per heavy atom. The van der Waals surface area contributed by atoms with Crippen molar-refractivity contribution in [1.29, 1.82) is 0 Å². The molecule has 0 aliphatic heterocycles. The zero-order valence-corrected chi connectivity index (χ0v) is 8.37. The van der Waals surface area contributed by atoms with Crippen LogP contribution < -0.4 is 5.32 Å². The summed E-state index contributed by atoms with van der Waals surface area (Å²) in [6.45, 7) is 5.42. The van der Waals surface area contributed by atoms with Gasteiger partial charge in [-0.1, -0.05) is 18.2 Å². The monoisotopic (exact) mass is 199 g/mol. The fraction of sp³-hybridized carbons (Fsp3) is 0.200. The fourth-order valence-electron chi connectivity index (χ4n) is 1.04. The van der Waals surface area contributed by atoms with Gasteiger partial charge in [0.2, 0.25) is 0 Å². The second kappa shape index (κ2) is 3.79. The van der Waals surface area contributed by atoms with E-state index in [4.69, 9.17) is 11.6 Å². The summed E-state index contributed by atoms with van der Waals surface area (Å²) in [5, 5.41) is 3.01. The first kappa shape index (κ1) is 10.1. The largest absolute Gasteiger partial charge is 0.388 e. The summed E-state index contributed by atoms with van der Waals surface area (Å²) in [4.78, 5) is 0. The third-order valence-corrected chi connectivity index (χ3v) is 2.05. The Balaban J connectivity index is 3.33. The van der Waals surface area contributed by atoms with Crippen molar-refractivity contribution in [3.05, 3.63) is 35.1 Å². The molecule has 0 amide bonds. The van der Waals surface area contributed by atoms with Crippen molar-refractivity contribution in [2.24, 2.45) is 0 Å². The van der Waals surface area contributed by atoms with Gasteiger partial charge < -0.3 is 5.32 Å². The van der Waals surface area contributed by atoms with Gasteiger partial charge in [0.15, 0.2) is 0 Å². The SMILES string of the molecule is C=C(C)c1cc(NC)cc(Cl)c1F. The highest BCUT2D eigenvalue weighted by molar-refractivity contribution is 6.31. The van der Waals surface area contributed by atoms with E-state index in [1.165, 1.54) is 0 Å². The van der Waals surface area contributed by atoms with E-state index in [2.05, 4.69) is 11.9 Å². The third-order valence-electron chi connectivity index (χ3n) is 1.78. The van der Waals surface area contributed by atoms with Gasteiger partial charge in [-0.3, -0.25) is 0 Å². The van der Waals surface area contributed by atoms with Crippen LogP contribution in [0.5, 0.6) is 0 Å². The van der Waals surface area contributed by atoms with Crippen LogP contribution >= 0.6 is 11.6 Å². The summed E-state index contributed by atoms with van der Waals surface area (Å²) in [6, 6.07) is 3.23. The molecule has 0 saturated carbocycles. The molecule has 13 heavy (non-hydrogen) atoms. The first-order valence-electron chi connectivity index (χ1n) is 3.89. The molecule has 1 nitrogen and oxygen atoms in total. The van der Waals surface area contributed by atoms with E-state index in [9.17, 15) is 4.39 Å². The second-order valence-corrected chi connectivity index (χ2v) is 3.26. The standard InChI is InChI=1S/C10H11ClFN/c1-6(2)8-4-7(13-3)5-9(11)10(8)12/h4-5,13H,1H2,2-3H3. The second-order valence-electron chi connectivity index (χ2n) is 2.85. The summed E-state index contributed by atoms with van der Waals surface area (Å²) in [5.74, 6) is -0.409. The summed E-state index contributed by atoms with van der Waals surface area (Å²) >= 11 is 5.69. The van der Waals surface area contributed by atoms with E-state index in [1.54, 1.807) is 26.1 Å². The Bertz CT molecular complexity index is 347. The van der Waals surface area contributed by atoms with E-state index in [-0.39, 0.29) is 5.02 Å². The van der Waals surface area contributed by atoms with E-state index >= 15 is 0 Å². The van der Waals surface area contributed by atoms with Crippen molar-refractivity contribution < 1.29 is 4.39 Å². The summed E-state index contributed by atoms with van der Waals surface area (Å²) in [6.07, 6.45) is 0. The lowest BCUT2D eigenvalue weighted by molar-refractivity contribution is 0.624. The Morgan fingerprint density at radius 2 is 2.15 bits per heavy atom. The quantitative estimate of drug-likeness (QED) is 0.768. The number of anilines is 1. The van der Waals surface area contributed by atoms with Gasteiger partial charge in [0.05, 0.1) is 5.02 Å². The van der Waals surface area contributed by atoms with Crippen molar-refractivity contribution >= 4 is 22.9 Å². The van der Waals surface area contributed by atoms with Gasteiger partial charge in [-0.05, 0) is 24.6 Å². The van der Waals surface area contributed by atoms with Crippen molar-refractivity contribution in [2.75, 3.05) is 12.4 Å². The average Bonchev–Trinajstić information content (AvgIpc) is 2.09. The zero-order chi connectivity index (χ0) is 10.0. The van der Waals surface area contributed by atoms with Crippen LogP contribution in [0.3, 0.4) is 0 Å². The molecule has 0 spiro atoms. The molecule has 1 aromatic carbocycles. The lowest BCUT2D eigenvalue weighted by atomic mass is 10.1. The summed E-state index contributed by atoms with van der Waals surface area (Å²) in [5.41, 5.74) is 1.90. The van der Waals surface area contributed by atoms with Crippen LogP contribution in [-0.4, -0.2) is 7.05 Å². The van der Waals surface area contributed by atoms with Gasteiger partial charge in [0.25, 0.3) is 0 Å². The average molecular weight is 200 g/mol. The van der Waals surface area contributed by atoms with Crippen LogP contribution in [0.25, 0.3) is 5.57 Å². The Kier molecular flexibility index (Phi) is 2.94. The lowest BCUT2D eigenvalue weighted by Gasteiger charge is -2.07. The lowest BCUT2D eigenvalue weighted by Crippen LogP contribution is -1.93. The fourth-order valence-corrected chi connectivity index (χ4v) is 1.26. The minimum atomic E-state index is -0.409. The first-order chi connectivity index (χ1) is 6.06. The Morgan fingerprint density at radius 3 is 2.62 bits per heavy atom. The van der Waals surface area contributed by atoms with Gasteiger partial charge in [-0.2, -0.15) is 0 Å². The van der Waals surface area contributed by atoms with Gasteiger partial charge >= 0.3 is 0 Å². The van der Waals surface area contributed by atoms with Crippen molar-refractivity contribution in [2.45, 2.75) is 6.92 Å². The number of benzene rings is 1.